The number of carbonyl (C=O) groups is 1. The zero-order valence-corrected chi connectivity index (χ0v) is 14.9. The van der Waals surface area contributed by atoms with Crippen molar-refractivity contribution in [2.75, 3.05) is 33.4 Å². The van der Waals surface area contributed by atoms with Crippen LogP contribution >= 0.6 is 11.8 Å². The number of rotatable bonds is 6. The topological polar surface area (TPSA) is 56.7 Å². The molecule has 1 rings (SSSR count). The molecular formula is C16H26N4OS. The predicted molar refractivity (Wildman–Crippen MR) is 94.5 cm³/mol. The van der Waals surface area contributed by atoms with Crippen LogP contribution in [0, 0.1) is 6.92 Å². The molecule has 0 aromatic heterocycles. The Kier molecular flexibility index (Phi) is 7.80. The van der Waals surface area contributed by atoms with Gasteiger partial charge in [0.1, 0.15) is 0 Å². The first kappa shape index (κ1) is 18.4. The third-order valence-electron chi connectivity index (χ3n) is 3.10. The highest BCUT2D eigenvalue weighted by Gasteiger charge is 2.06. The van der Waals surface area contributed by atoms with Crippen molar-refractivity contribution in [3.05, 3.63) is 29.3 Å². The highest BCUT2D eigenvalue weighted by Crippen LogP contribution is 2.22. The van der Waals surface area contributed by atoms with Gasteiger partial charge in [-0.2, -0.15) is 0 Å². The fraction of sp³-hybridized carbons (Fsp3) is 0.500. The number of nitrogens with one attached hydrogen (secondary N) is 2. The van der Waals surface area contributed by atoms with Crippen molar-refractivity contribution >= 4 is 23.6 Å². The second-order valence-electron chi connectivity index (χ2n) is 5.15. The van der Waals surface area contributed by atoms with Crippen molar-refractivity contribution in [2.24, 2.45) is 4.99 Å². The number of hydrogen-bond acceptors (Lipinski definition) is 3. The van der Waals surface area contributed by atoms with Crippen LogP contribution in [0.1, 0.15) is 18.1 Å². The molecule has 0 unspecified atom stereocenters. The Bertz CT molecular complexity index is 529. The summed E-state index contributed by atoms with van der Waals surface area (Å²) < 4.78 is 0. The van der Waals surface area contributed by atoms with E-state index >= 15 is 0 Å². The summed E-state index contributed by atoms with van der Waals surface area (Å²) in [6, 6.07) is 6.38. The Morgan fingerprint density at radius 2 is 2.05 bits per heavy atom. The van der Waals surface area contributed by atoms with E-state index in [9.17, 15) is 4.79 Å². The van der Waals surface area contributed by atoms with Crippen LogP contribution in [0.5, 0.6) is 0 Å². The average Bonchev–Trinajstić information content (AvgIpc) is 2.50. The van der Waals surface area contributed by atoms with Gasteiger partial charge < -0.3 is 15.5 Å². The number of guanidine groups is 1. The number of amides is 1. The van der Waals surface area contributed by atoms with Crippen LogP contribution in [-0.4, -0.2) is 50.2 Å². The summed E-state index contributed by atoms with van der Waals surface area (Å²) >= 11 is 1.73. The lowest BCUT2D eigenvalue weighted by molar-refractivity contribution is -0.127. The summed E-state index contributed by atoms with van der Waals surface area (Å²) in [5, 5.41) is 6.22. The Hall–Kier alpha value is -1.69. The van der Waals surface area contributed by atoms with Crippen molar-refractivity contribution in [2.45, 2.75) is 25.3 Å². The molecule has 0 aliphatic heterocycles. The smallest absolute Gasteiger partial charge is 0.241 e. The Labute approximate surface area is 137 Å². The molecule has 0 radical (unpaired) electrons. The number of nitrogens with zero attached hydrogens (tertiary/aromatic N) is 2. The Morgan fingerprint density at radius 3 is 2.64 bits per heavy atom. The Balaban J connectivity index is 2.75. The number of likely N-dealkylation sites (N-methyl/N-ethyl adjacent to an activating group) is 1. The maximum atomic E-state index is 11.6. The predicted octanol–water partition coefficient (Wildman–Crippen LogP) is 1.86. The van der Waals surface area contributed by atoms with E-state index in [0.29, 0.717) is 12.5 Å². The number of aryl methyl sites for hydroxylation is 1. The summed E-state index contributed by atoms with van der Waals surface area (Å²) in [6.07, 6.45) is 2.07. The molecule has 0 bridgehead atoms. The van der Waals surface area contributed by atoms with Crippen molar-refractivity contribution in [1.82, 2.24) is 15.5 Å². The maximum absolute atomic E-state index is 11.6. The van der Waals surface area contributed by atoms with E-state index in [1.807, 2.05) is 6.92 Å². The number of carbonyl (C=O) groups excluding carboxylic acids is 1. The summed E-state index contributed by atoms with van der Waals surface area (Å²) in [4.78, 5) is 19.0. The molecule has 5 nitrogen and oxygen atoms in total. The van der Waals surface area contributed by atoms with Crippen LogP contribution in [0.25, 0.3) is 0 Å². The second-order valence-corrected chi connectivity index (χ2v) is 6.00. The monoisotopic (exact) mass is 322 g/mol. The second kappa shape index (κ2) is 9.35. The van der Waals surface area contributed by atoms with Crippen LogP contribution in [0.4, 0.5) is 0 Å². The largest absolute Gasteiger partial charge is 0.357 e. The van der Waals surface area contributed by atoms with Gasteiger partial charge in [-0.1, -0.05) is 12.1 Å². The zero-order chi connectivity index (χ0) is 16.5. The summed E-state index contributed by atoms with van der Waals surface area (Å²) in [7, 11) is 3.48. The van der Waals surface area contributed by atoms with Gasteiger partial charge >= 0.3 is 0 Å². The van der Waals surface area contributed by atoms with Gasteiger partial charge in [0.25, 0.3) is 0 Å². The molecule has 0 fully saturated rings. The standard InChI is InChI=1S/C16H26N4OS/c1-6-17-16(19-11-15(21)20(3)4)18-10-13-8-7-12(2)9-14(13)22-5/h7-9H,6,10-11H2,1-5H3,(H2,17,18,19). The molecule has 1 aromatic rings. The summed E-state index contributed by atoms with van der Waals surface area (Å²) in [5.41, 5.74) is 2.44. The highest BCUT2D eigenvalue weighted by atomic mass is 32.2. The third-order valence-corrected chi connectivity index (χ3v) is 3.92. The van der Waals surface area contributed by atoms with Crippen LogP contribution in [-0.2, 0) is 11.3 Å². The van der Waals surface area contributed by atoms with E-state index in [4.69, 9.17) is 0 Å². The lowest BCUT2D eigenvalue weighted by atomic mass is 10.1. The van der Waals surface area contributed by atoms with Gasteiger partial charge in [0.15, 0.2) is 5.96 Å². The molecule has 2 N–H and O–H groups in total. The highest BCUT2D eigenvalue weighted by molar-refractivity contribution is 7.98. The van der Waals surface area contributed by atoms with E-state index in [1.165, 1.54) is 16.0 Å². The van der Waals surface area contributed by atoms with Gasteiger partial charge in [0, 0.05) is 25.5 Å². The molecule has 0 aliphatic rings. The van der Waals surface area contributed by atoms with Crippen molar-refractivity contribution < 1.29 is 4.79 Å². The first-order valence-electron chi connectivity index (χ1n) is 7.33. The van der Waals surface area contributed by atoms with E-state index in [0.717, 1.165) is 6.54 Å². The van der Waals surface area contributed by atoms with Gasteiger partial charge in [-0.3, -0.25) is 4.79 Å². The van der Waals surface area contributed by atoms with Crippen LogP contribution < -0.4 is 10.6 Å². The lowest BCUT2D eigenvalue weighted by Gasteiger charge is -2.14. The van der Waals surface area contributed by atoms with Gasteiger partial charge in [-0.05, 0) is 37.3 Å². The minimum Gasteiger partial charge on any atom is -0.357 e. The van der Waals surface area contributed by atoms with Crippen molar-refractivity contribution in [3.8, 4) is 0 Å². The Morgan fingerprint density at radius 1 is 1.32 bits per heavy atom. The first-order valence-corrected chi connectivity index (χ1v) is 8.56. The van der Waals surface area contributed by atoms with Crippen molar-refractivity contribution in [3.63, 3.8) is 0 Å². The quantitative estimate of drug-likeness (QED) is 0.477. The van der Waals surface area contributed by atoms with E-state index < -0.39 is 0 Å². The first-order chi connectivity index (χ1) is 10.5. The molecule has 0 saturated carbocycles. The minimum absolute atomic E-state index is 0.0192. The molecule has 0 heterocycles. The normalized spacial score (nSPS) is 11.2. The number of hydrogen-bond donors (Lipinski definition) is 2. The molecule has 0 saturated heterocycles. The zero-order valence-electron chi connectivity index (χ0n) is 14.1. The van der Waals surface area contributed by atoms with Crippen LogP contribution in [0.2, 0.25) is 0 Å². The molecule has 22 heavy (non-hydrogen) atoms. The van der Waals surface area contributed by atoms with E-state index in [2.05, 4.69) is 47.0 Å². The maximum Gasteiger partial charge on any atom is 0.241 e. The fourth-order valence-electron chi connectivity index (χ4n) is 1.81. The van der Waals surface area contributed by atoms with Gasteiger partial charge in [-0.15, -0.1) is 11.8 Å². The molecule has 0 spiro atoms. The molecule has 1 amide bonds. The van der Waals surface area contributed by atoms with Gasteiger partial charge in [0.2, 0.25) is 5.91 Å². The van der Waals surface area contributed by atoms with Crippen LogP contribution in [0.15, 0.2) is 28.1 Å². The molecule has 6 heteroatoms. The average molecular weight is 322 g/mol. The van der Waals surface area contributed by atoms with Gasteiger partial charge in [0.05, 0.1) is 13.1 Å². The third kappa shape index (κ3) is 5.97. The molecule has 122 valence electrons. The number of thioether (sulfide) groups is 1. The SMILES string of the molecule is CCNC(=NCc1ccc(C)cc1SC)NCC(=O)N(C)C. The molecular weight excluding hydrogens is 296 g/mol. The number of aliphatic imine (C=N–C) groups is 1. The van der Waals surface area contributed by atoms with Gasteiger partial charge in [-0.25, -0.2) is 4.99 Å². The molecule has 0 atom stereocenters. The molecule has 0 aliphatic carbocycles. The van der Waals surface area contributed by atoms with Crippen molar-refractivity contribution in [1.29, 1.82) is 0 Å². The fourth-order valence-corrected chi connectivity index (χ4v) is 2.50. The summed E-state index contributed by atoms with van der Waals surface area (Å²) in [6.45, 7) is 5.67. The summed E-state index contributed by atoms with van der Waals surface area (Å²) in [5.74, 6) is 0.677. The minimum atomic E-state index is 0.0192. The van der Waals surface area contributed by atoms with E-state index in [1.54, 1.807) is 30.8 Å². The van der Waals surface area contributed by atoms with Crippen LogP contribution in [0.3, 0.4) is 0 Å². The lowest BCUT2D eigenvalue weighted by Crippen LogP contribution is -2.42. The molecule has 1 aromatic carbocycles. The van der Waals surface area contributed by atoms with E-state index in [-0.39, 0.29) is 12.5 Å². The number of benzene rings is 1.